The van der Waals surface area contributed by atoms with E-state index in [1.54, 1.807) is 12.0 Å². The van der Waals surface area contributed by atoms with Crippen LogP contribution in [0.3, 0.4) is 0 Å². The highest BCUT2D eigenvalue weighted by Crippen LogP contribution is 2.33. The molecule has 3 N–H and O–H groups in total. The molecule has 0 radical (unpaired) electrons. The third-order valence-electron chi connectivity index (χ3n) is 5.20. The highest BCUT2D eigenvalue weighted by atomic mass is 16.5. The maximum absolute atomic E-state index is 12.7. The summed E-state index contributed by atoms with van der Waals surface area (Å²) >= 11 is 0. The Morgan fingerprint density at radius 1 is 1.33 bits per heavy atom. The van der Waals surface area contributed by atoms with E-state index < -0.39 is 6.04 Å². The average molecular weight is 331 g/mol. The molecule has 24 heavy (non-hydrogen) atoms. The molecule has 2 fully saturated rings. The molecule has 130 valence electrons. The lowest BCUT2D eigenvalue weighted by Gasteiger charge is -2.21. The number of nitrogens with one attached hydrogen (secondary N) is 1. The third kappa shape index (κ3) is 3.11. The van der Waals surface area contributed by atoms with Crippen LogP contribution in [0.2, 0.25) is 0 Å². The van der Waals surface area contributed by atoms with Gasteiger partial charge in [0, 0.05) is 12.5 Å². The van der Waals surface area contributed by atoms with Gasteiger partial charge in [-0.1, -0.05) is 18.6 Å². The zero-order valence-electron chi connectivity index (χ0n) is 14.0. The first-order chi connectivity index (χ1) is 11.7. The molecule has 0 spiro atoms. The summed E-state index contributed by atoms with van der Waals surface area (Å²) in [5.41, 5.74) is 6.51. The fourth-order valence-electron chi connectivity index (χ4n) is 3.85. The van der Waals surface area contributed by atoms with Gasteiger partial charge >= 0.3 is 0 Å². The van der Waals surface area contributed by atoms with Gasteiger partial charge < -0.3 is 20.7 Å². The Hall–Kier alpha value is -2.08. The number of benzene rings is 1. The number of anilines is 1. The number of rotatable bonds is 5. The molecule has 0 aromatic heterocycles. The molecule has 3 rings (SSSR count). The lowest BCUT2D eigenvalue weighted by atomic mass is 9.95. The zero-order chi connectivity index (χ0) is 17.1. The van der Waals surface area contributed by atoms with Crippen molar-refractivity contribution in [3.63, 3.8) is 0 Å². The second-order valence-corrected chi connectivity index (χ2v) is 6.54. The molecule has 1 unspecified atom stereocenters. The second-order valence-electron chi connectivity index (χ2n) is 6.54. The molecular formula is C18H25N3O3. The van der Waals surface area contributed by atoms with E-state index in [1.165, 1.54) is 0 Å². The maximum Gasteiger partial charge on any atom is 0.249 e. The minimum absolute atomic E-state index is 0.0248. The zero-order valence-corrected chi connectivity index (χ0v) is 14.0. The van der Waals surface area contributed by atoms with Crippen LogP contribution >= 0.6 is 0 Å². The van der Waals surface area contributed by atoms with Crippen molar-refractivity contribution in [2.45, 2.75) is 31.7 Å². The van der Waals surface area contributed by atoms with Crippen LogP contribution in [0, 0.1) is 11.8 Å². The van der Waals surface area contributed by atoms with E-state index in [1.807, 2.05) is 24.3 Å². The Morgan fingerprint density at radius 2 is 2.12 bits per heavy atom. The van der Waals surface area contributed by atoms with Gasteiger partial charge in [0.1, 0.15) is 11.8 Å². The lowest BCUT2D eigenvalue weighted by Crippen LogP contribution is -2.45. The minimum Gasteiger partial charge on any atom is -0.495 e. The SMILES string of the molecule is COc1ccccc1N1CCC(NC(=O)[C@@H]2CCC[C@@H]2CN)C1=O. The number of hydrogen-bond donors (Lipinski definition) is 2. The first kappa shape index (κ1) is 16.8. The lowest BCUT2D eigenvalue weighted by molar-refractivity contribution is -0.129. The molecule has 1 saturated carbocycles. The molecule has 0 bridgehead atoms. The first-order valence-corrected chi connectivity index (χ1v) is 8.60. The molecule has 2 aliphatic rings. The monoisotopic (exact) mass is 331 g/mol. The summed E-state index contributed by atoms with van der Waals surface area (Å²) in [6.07, 6.45) is 3.51. The molecule has 1 aromatic carbocycles. The van der Waals surface area contributed by atoms with Crippen LogP contribution in [0.1, 0.15) is 25.7 Å². The molecule has 6 nitrogen and oxygen atoms in total. The maximum atomic E-state index is 12.7. The van der Waals surface area contributed by atoms with Gasteiger partial charge in [-0.25, -0.2) is 0 Å². The quantitative estimate of drug-likeness (QED) is 0.851. The van der Waals surface area contributed by atoms with Gasteiger partial charge in [0.05, 0.1) is 12.8 Å². The van der Waals surface area contributed by atoms with Crippen LogP contribution < -0.4 is 20.7 Å². The third-order valence-corrected chi connectivity index (χ3v) is 5.20. The number of amides is 2. The smallest absolute Gasteiger partial charge is 0.249 e. The summed E-state index contributed by atoms with van der Waals surface area (Å²) in [5, 5.41) is 2.95. The van der Waals surface area contributed by atoms with Gasteiger partial charge in [-0.2, -0.15) is 0 Å². The fraction of sp³-hybridized carbons (Fsp3) is 0.556. The van der Waals surface area contributed by atoms with Crippen molar-refractivity contribution in [2.24, 2.45) is 17.6 Å². The van der Waals surface area contributed by atoms with Gasteiger partial charge in [0.25, 0.3) is 0 Å². The number of para-hydroxylation sites is 2. The van der Waals surface area contributed by atoms with E-state index in [0.29, 0.717) is 25.3 Å². The molecule has 1 aliphatic heterocycles. The molecule has 3 atom stereocenters. The largest absolute Gasteiger partial charge is 0.495 e. The van der Waals surface area contributed by atoms with E-state index in [4.69, 9.17) is 10.5 Å². The number of nitrogens with two attached hydrogens (primary N) is 1. The van der Waals surface area contributed by atoms with Crippen LogP contribution in [0.4, 0.5) is 5.69 Å². The fourth-order valence-corrected chi connectivity index (χ4v) is 3.85. The predicted octanol–water partition coefficient (Wildman–Crippen LogP) is 1.29. The first-order valence-electron chi connectivity index (χ1n) is 8.60. The minimum atomic E-state index is -0.457. The van der Waals surface area contributed by atoms with Gasteiger partial charge in [-0.15, -0.1) is 0 Å². The van der Waals surface area contributed by atoms with Gasteiger partial charge in [0.15, 0.2) is 0 Å². The van der Waals surface area contributed by atoms with E-state index in [-0.39, 0.29) is 23.7 Å². The summed E-state index contributed by atoms with van der Waals surface area (Å²) in [6.45, 7) is 1.11. The Kier molecular flexibility index (Phi) is 5.04. The van der Waals surface area contributed by atoms with E-state index in [9.17, 15) is 9.59 Å². The molecule has 2 amide bonds. The predicted molar refractivity (Wildman–Crippen MR) is 91.8 cm³/mol. The van der Waals surface area contributed by atoms with Gasteiger partial charge in [0.2, 0.25) is 11.8 Å². The number of nitrogens with zero attached hydrogens (tertiary/aromatic N) is 1. The van der Waals surface area contributed by atoms with Crippen molar-refractivity contribution in [3.8, 4) is 5.75 Å². The molecule has 1 saturated heterocycles. The second kappa shape index (κ2) is 7.21. The molecule has 1 heterocycles. The normalized spacial score (nSPS) is 26.7. The van der Waals surface area contributed by atoms with E-state index in [0.717, 1.165) is 24.9 Å². The van der Waals surface area contributed by atoms with Crippen molar-refractivity contribution < 1.29 is 14.3 Å². The Bertz CT molecular complexity index is 619. The molecular weight excluding hydrogens is 306 g/mol. The number of carbonyl (C=O) groups excluding carboxylic acids is 2. The van der Waals surface area contributed by atoms with Crippen molar-refractivity contribution in [3.05, 3.63) is 24.3 Å². The Labute approximate surface area is 142 Å². The number of hydrogen-bond acceptors (Lipinski definition) is 4. The van der Waals surface area contributed by atoms with Crippen LogP contribution in [-0.4, -0.2) is 38.1 Å². The van der Waals surface area contributed by atoms with Gasteiger partial charge in [-0.05, 0) is 43.9 Å². The van der Waals surface area contributed by atoms with Crippen molar-refractivity contribution in [2.75, 3.05) is 25.1 Å². The Balaban J connectivity index is 1.67. The summed E-state index contributed by atoms with van der Waals surface area (Å²) in [7, 11) is 1.59. The van der Waals surface area contributed by atoms with Gasteiger partial charge in [-0.3, -0.25) is 9.59 Å². The van der Waals surface area contributed by atoms with E-state index in [2.05, 4.69) is 5.32 Å². The molecule has 1 aliphatic carbocycles. The topological polar surface area (TPSA) is 84.7 Å². The Morgan fingerprint density at radius 3 is 2.88 bits per heavy atom. The molecule has 1 aromatic rings. The van der Waals surface area contributed by atoms with E-state index >= 15 is 0 Å². The van der Waals surface area contributed by atoms with Crippen LogP contribution in [0.15, 0.2) is 24.3 Å². The highest BCUT2D eigenvalue weighted by Gasteiger charge is 2.38. The van der Waals surface area contributed by atoms with Crippen molar-refractivity contribution in [1.82, 2.24) is 5.32 Å². The van der Waals surface area contributed by atoms with Crippen LogP contribution in [0.5, 0.6) is 5.75 Å². The number of carbonyl (C=O) groups is 2. The number of ether oxygens (including phenoxy) is 1. The summed E-state index contributed by atoms with van der Waals surface area (Å²) in [6, 6.07) is 6.99. The number of methoxy groups -OCH3 is 1. The van der Waals surface area contributed by atoms with Crippen LogP contribution in [0.25, 0.3) is 0 Å². The average Bonchev–Trinajstić information content (AvgIpc) is 3.22. The standard InChI is InChI=1S/C18H25N3O3/c1-24-16-8-3-2-7-15(16)21-10-9-14(18(21)23)20-17(22)13-6-4-5-12(13)11-19/h2-3,7-8,12-14H,4-6,9-11,19H2,1H3,(H,20,22)/t12-,13-,14?/m1/s1. The molecule has 6 heteroatoms. The summed E-state index contributed by atoms with van der Waals surface area (Å²) < 4.78 is 5.34. The van der Waals surface area contributed by atoms with Crippen molar-refractivity contribution in [1.29, 1.82) is 0 Å². The summed E-state index contributed by atoms with van der Waals surface area (Å²) in [5.74, 6) is 0.755. The van der Waals surface area contributed by atoms with Crippen molar-refractivity contribution >= 4 is 17.5 Å². The highest BCUT2D eigenvalue weighted by molar-refractivity contribution is 6.02. The summed E-state index contributed by atoms with van der Waals surface area (Å²) in [4.78, 5) is 26.9. The van der Waals surface area contributed by atoms with Crippen LogP contribution in [-0.2, 0) is 9.59 Å².